The van der Waals surface area contributed by atoms with Crippen LogP contribution >= 0.6 is 27.3 Å². The minimum atomic E-state index is -0.319. The standard InChI is InChI=1S/C14H12BrN3O3S/c1-8-17-13-9(4-7-22-13)14(20)18(8)6-5-16-12(19)10-2-3-11(15)21-10/h2-4,7H,5-6H2,1H3,(H,16,19). The van der Waals surface area contributed by atoms with Crippen molar-refractivity contribution < 1.29 is 9.21 Å². The van der Waals surface area contributed by atoms with Crippen molar-refractivity contribution in [3.63, 3.8) is 0 Å². The first-order valence-electron chi connectivity index (χ1n) is 6.54. The lowest BCUT2D eigenvalue weighted by Crippen LogP contribution is -2.32. The van der Waals surface area contributed by atoms with Gasteiger partial charge in [0, 0.05) is 13.1 Å². The second-order valence-electron chi connectivity index (χ2n) is 4.61. The third kappa shape index (κ3) is 2.84. The Morgan fingerprint density at radius 3 is 3.00 bits per heavy atom. The number of carbonyl (C=O) groups is 1. The predicted octanol–water partition coefficient (Wildman–Crippen LogP) is 2.55. The third-order valence-corrected chi connectivity index (χ3v) is 4.43. The van der Waals surface area contributed by atoms with Crippen molar-refractivity contribution in [2.75, 3.05) is 6.54 Å². The number of amides is 1. The molecule has 1 N–H and O–H groups in total. The second kappa shape index (κ2) is 6.05. The summed E-state index contributed by atoms with van der Waals surface area (Å²) in [5.74, 6) is 0.540. The highest BCUT2D eigenvalue weighted by molar-refractivity contribution is 9.10. The molecule has 0 fully saturated rings. The van der Waals surface area contributed by atoms with Crippen molar-refractivity contribution in [1.82, 2.24) is 14.9 Å². The maximum absolute atomic E-state index is 12.4. The Labute approximate surface area is 137 Å². The van der Waals surface area contributed by atoms with Gasteiger partial charge in [0.05, 0.1) is 5.39 Å². The number of hydrogen-bond donors (Lipinski definition) is 1. The van der Waals surface area contributed by atoms with E-state index in [0.717, 1.165) is 4.83 Å². The first-order valence-corrected chi connectivity index (χ1v) is 8.21. The van der Waals surface area contributed by atoms with Crippen molar-refractivity contribution in [1.29, 1.82) is 0 Å². The van der Waals surface area contributed by atoms with Gasteiger partial charge in [0.25, 0.3) is 11.5 Å². The molecule has 0 aliphatic carbocycles. The largest absolute Gasteiger partial charge is 0.444 e. The van der Waals surface area contributed by atoms with Gasteiger partial charge in [-0.25, -0.2) is 4.98 Å². The van der Waals surface area contributed by atoms with E-state index in [4.69, 9.17) is 4.42 Å². The van der Waals surface area contributed by atoms with Crippen LogP contribution in [0.1, 0.15) is 16.4 Å². The van der Waals surface area contributed by atoms with Gasteiger partial charge in [0.2, 0.25) is 0 Å². The van der Waals surface area contributed by atoms with Gasteiger partial charge in [-0.15, -0.1) is 11.3 Å². The highest BCUT2D eigenvalue weighted by atomic mass is 79.9. The van der Waals surface area contributed by atoms with Crippen molar-refractivity contribution in [2.24, 2.45) is 0 Å². The Balaban J connectivity index is 1.71. The van der Waals surface area contributed by atoms with Crippen molar-refractivity contribution >= 4 is 43.4 Å². The molecule has 6 nitrogen and oxygen atoms in total. The molecule has 3 aromatic heterocycles. The molecule has 8 heteroatoms. The van der Waals surface area contributed by atoms with E-state index in [-0.39, 0.29) is 17.2 Å². The lowest BCUT2D eigenvalue weighted by molar-refractivity contribution is 0.0923. The molecular weight excluding hydrogens is 370 g/mol. The topological polar surface area (TPSA) is 77.1 Å². The molecule has 0 radical (unpaired) electrons. The first kappa shape index (κ1) is 15.0. The van der Waals surface area contributed by atoms with Crippen molar-refractivity contribution in [3.05, 3.63) is 50.2 Å². The van der Waals surface area contributed by atoms with Crippen LogP contribution in [-0.2, 0) is 6.54 Å². The zero-order valence-electron chi connectivity index (χ0n) is 11.6. The molecule has 0 aliphatic rings. The quantitative estimate of drug-likeness (QED) is 0.753. The number of hydrogen-bond acceptors (Lipinski definition) is 5. The highest BCUT2D eigenvalue weighted by Crippen LogP contribution is 2.15. The Bertz CT molecular complexity index is 896. The van der Waals surface area contributed by atoms with Gasteiger partial charge in [0.1, 0.15) is 10.7 Å². The molecule has 3 rings (SSSR count). The van der Waals surface area contributed by atoms with Crippen LogP contribution in [0.4, 0.5) is 0 Å². The molecule has 3 aromatic rings. The fourth-order valence-electron chi connectivity index (χ4n) is 2.12. The molecule has 0 atom stereocenters. The summed E-state index contributed by atoms with van der Waals surface area (Å²) in [4.78, 5) is 29.4. The van der Waals surface area contributed by atoms with Crippen LogP contribution in [0, 0.1) is 6.92 Å². The molecule has 0 saturated heterocycles. The van der Waals surface area contributed by atoms with Gasteiger partial charge in [-0.3, -0.25) is 14.2 Å². The number of furan rings is 1. The molecule has 114 valence electrons. The number of nitrogens with zero attached hydrogens (tertiary/aromatic N) is 2. The summed E-state index contributed by atoms with van der Waals surface area (Å²) in [5.41, 5.74) is -0.0845. The number of rotatable bonds is 4. The van der Waals surface area contributed by atoms with E-state index in [1.165, 1.54) is 11.3 Å². The Hall–Kier alpha value is -1.93. The summed E-state index contributed by atoms with van der Waals surface area (Å²) in [6.07, 6.45) is 0. The molecule has 0 saturated carbocycles. The lowest BCUT2D eigenvalue weighted by atomic mass is 10.4. The smallest absolute Gasteiger partial charge is 0.287 e. The molecule has 0 bridgehead atoms. The van der Waals surface area contributed by atoms with E-state index in [1.54, 1.807) is 29.7 Å². The molecule has 0 unspecified atom stereocenters. The molecule has 22 heavy (non-hydrogen) atoms. The van der Waals surface area contributed by atoms with Crippen LogP contribution in [0.3, 0.4) is 0 Å². The minimum Gasteiger partial charge on any atom is -0.444 e. The van der Waals surface area contributed by atoms with E-state index in [0.29, 0.717) is 29.0 Å². The summed E-state index contributed by atoms with van der Waals surface area (Å²) < 4.78 is 7.23. The monoisotopic (exact) mass is 381 g/mol. The molecule has 0 spiro atoms. The van der Waals surface area contributed by atoms with Crippen LogP contribution in [-0.4, -0.2) is 22.0 Å². The fourth-order valence-corrected chi connectivity index (χ4v) is 3.23. The molecule has 0 aromatic carbocycles. The van der Waals surface area contributed by atoms with Gasteiger partial charge in [-0.2, -0.15) is 0 Å². The van der Waals surface area contributed by atoms with Crippen LogP contribution in [0.2, 0.25) is 0 Å². The van der Waals surface area contributed by atoms with Gasteiger partial charge in [0.15, 0.2) is 10.4 Å². The summed E-state index contributed by atoms with van der Waals surface area (Å²) in [5, 5.41) is 5.17. The van der Waals surface area contributed by atoms with Crippen molar-refractivity contribution in [3.8, 4) is 0 Å². The maximum Gasteiger partial charge on any atom is 0.287 e. The second-order valence-corrected chi connectivity index (χ2v) is 6.29. The number of halogens is 1. The average Bonchev–Trinajstić information content (AvgIpc) is 3.11. The van der Waals surface area contributed by atoms with Gasteiger partial charge < -0.3 is 9.73 Å². The number of aryl methyl sites for hydroxylation is 1. The summed E-state index contributed by atoms with van der Waals surface area (Å²) in [6, 6.07) is 5.00. The first-order chi connectivity index (χ1) is 10.6. The Morgan fingerprint density at radius 1 is 1.45 bits per heavy atom. The number of carbonyl (C=O) groups excluding carboxylic acids is 1. The zero-order chi connectivity index (χ0) is 15.7. The van der Waals surface area contributed by atoms with E-state index < -0.39 is 0 Å². The zero-order valence-corrected chi connectivity index (χ0v) is 14.0. The maximum atomic E-state index is 12.4. The Kier molecular flexibility index (Phi) is 4.12. The molecule has 3 heterocycles. The number of aromatic nitrogens is 2. The van der Waals surface area contributed by atoms with E-state index in [1.807, 2.05) is 5.38 Å². The normalized spacial score (nSPS) is 11.0. The van der Waals surface area contributed by atoms with Crippen molar-refractivity contribution in [2.45, 2.75) is 13.5 Å². The van der Waals surface area contributed by atoms with Gasteiger partial charge in [-0.1, -0.05) is 0 Å². The Morgan fingerprint density at radius 2 is 2.27 bits per heavy atom. The van der Waals surface area contributed by atoms with E-state index in [2.05, 4.69) is 26.2 Å². The third-order valence-electron chi connectivity index (χ3n) is 3.19. The SMILES string of the molecule is Cc1nc2sccc2c(=O)n1CCNC(=O)c1ccc(Br)o1. The predicted molar refractivity (Wildman–Crippen MR) is 87.4 cm³/mol. The molecular formula is C14H12BrN3O3S. The fraction of sp³-hybridized carbons (Fsp3) is 0.214. The number of thiophene rings is 1. The summed E-state index contributed by atoms with van der Waals surface area (Å²) in [7, 11) is 0. The van der Waals surface area contributed by atoms with E-state index >= 15 is 0 Å². The minimum absolute atomic E-state index is 0.0845. The summed E-state index contributed by atoms with van der Waals surface area (Å²) in [6.45, 7) is 2.46. The van der Waals surface area contributed by atoms with Crippen LogP contribution in [0.15, 0.2) is 37.5 Å². The van der Waals surface area contributed by atoms with Gasteiger partial charge in [-0.05, 0) is 46.4 Å². The molecule has 0 aliphatic heterocycles. The average molecular weight is 382 g/mol. The van der Waals surface area contributed by atoms with Crippen LogP contribution in [0.5, 0.6) is 0 Å². The van der Waals surface area contributed by atoms with Crippen LogP contribution < -0.4 is 10.9 Å². The van der Waals surface area contributed by atoms with Gasteiger partial charge >= 0.3 is 0 Å². The molecule has 1 amide bonds. The highest BCUT2D eigenvalue weighted by Gasteiger charge is 2.11. The van der Waals surface area contributed by atoms with E-state index in [9.17, 15) is 9.59 Å². The number of fused-ring (bicyclic) bond motifs is 1. The lowest BCUT2D eigenvalue weighted by Gasteiger charge is -2.09. The number of nitrogens with one attached hydrogen (secondary N) is 1. The van der Waals surface area contributed by atoms with Crippen LogP contribution in [0.25, 0.3) is 10.2 Å². The summed E-state index contributed by atoms with van der Waals surface area (Å²) >= 11 is 4.59.